The van der Waals surface area contributed by atoms with Crippen LogP contribution in [-0.2, 0) is 14.8 Å². The van der Waals surface area contributed by atoms with Crippen LogP contribution in [0.5, 0.6) is 0 Å². The molecule has 9 heteroatoms. The van der Waals surface area contributed by atoms with E-state index in [0.29, 0.717) is 6.42 Å². The molecule has 0 aliphatic heterocycles. The first-order chi connectivity index (χ1) is 13.5. The summed E-state index contributed by atoms with van der Waals surface area (Å²) in [5.74, 6) is -0.491. The van der Waals surface area contributed by atoms with Crippen molar-refractivity contribution < 1.29 is 18.1 Å². The number of nitrogens with one attached hydrogen (secondary N) is 1. The molecule has 0 heterocycles. The number of rotatable bonds is 8. The lowest BCUT2D eigenvalue weighted by molar-refractivity contribution is -0.384. The molecule has 0 aliphatic carbocycles. The Morgan fingerprint density at radius 3 is 2.34 bits per heavy atom. The number of anilines is 1. The Hall–Kier alpha value is -2.94. The molecule has 0 fully saturated rings. The number of nitrogens with zero attached hydrogens (tertiary/aromatic N) is 2. The first-order valence-electron chi connectivity index (χ1n) is 9.15. The van der Waals surface area contributed by atoms with E-state index in [1.165, 1.54) is 25.1 Å². The van der Waals surface area contributed by atoms with E-state index >= 15 is 0 Å². The Morgan fingerprint density at radius 1 is 1.21 bits per heavy atom. The number of amides is 1. The average molecular weight is 420 g/mol. The van der Waals surface area contributed by atoms with Gasteiger partial charge in [0, 0.05) is 12.1 Å². The van der Waals surface area contributed by atoms with Crippen molar-refractivity contribution in [1.82, 2.24) is 5.32 Å². The maximum Gasteiger partial charge on any atom is 0.271 e. The Balaban J connectivity index is 2.32. The lowest BCUT2D eigenvalue weighted by Crippen LogP contribution is -2.48. The summed E-state index contributed by atoms with van der Waals surface area (Å²) in [6.45, 7) is 5.34. The lowest BCUT2D eigenvalue weighted by Gasteiger charge is -2.29. The number of benzene rings is 2. The van der Waals surface area contributed by atoms with Gasteiger partial charge in [0.05, 0.1) is 22.9 Å². The van der Waals surface area contributed by atoms with E-state index < -0.39 is 26.9 Å². The maximum atomic E-state index is 12.9. The fourth-order valence-corrected chi connectivity index (χ4v) is 4.23. The van der Waals surface area contributed by atoms with Crippen LogP contribution < -0.4 is 9.62 Å². The zero-order chi connectivity index (χ0) is 21.8. The van der Waals surface area contributed by atoms with Crippen LogP contribution in [-0.4, -0.2) is 31.5 Å². The van der Waals surface area contributed by atoms with Gasteiger partial charge in [0.25, 0.3) is 5.69 Å². The molecule has 0 spiro atoms. The van der Waals surface area contributed by atoms with E-state index in [0.717, 1.165) is 27.8 Å². The first kappa shape index (κ1) is 22.4. The van der Waals surface area contributed by atoms with Crippen molar-refractivity contribution in [2.45, 2.75) is 39.3 Å². The Labute approximate surface area is 170 Å². The molecule has 156 valence electrons. The zero-order valence-electron chi connectivity index (χ0n) is 16.8. The Morgan fingerprint density at radius 2 is 1.83 bits per heavy atom. The summed E-state index contributed by atoms with van der Waals surface area (Å²) in [6, 6.07) is 11.6. The third kappa shape index (κ3) is 5.54. The van der Waals surface area contributed by atoms with Gasteiger partial charge in [-0.2, -0.15) is 0 Å². The molecule has 29 heavy (non-hydrogen) atoms. The van der Waals surface area contributed by atoms with E-state index in [1.807, 2.05) is 38.1 Å². The minimum Gasteiger partial charge on any atom is -0.347 e. The zero-order valence-corrected chi connectivity index (χ0v) is 17.6. The predicted octanol–water partition coefficient (Wildman–Crippen LogP) is 3.33. The van der Waals surface area contributed by atoms with Crippen LogP contribution >= 0.6 is 0 Å². The number of hydrogen-bond donors (Lipinski definition) is 1. The van der Waals surface area contributed by atoms with Gasteiger partial charge in [-0.05, 0) is 31.9 Å². The Bertz CT molecular complexity index is 989. The maximum absolute atomic E-state index is 12.9. The van der Waals surface area contributed by atoms with E-state index in [9.17, 15) is 23.3 Å². The fraction of sp³-hybridized carbons (Fsp3) is 0.350. The SMILES string of the molecule is CC[C@@H](NC(=O)[C@@H](C)N(c1cccc([N+](=O)[O-])c1)S(C)(=O)=O)c1ccc(C)cc1. The van der Waals surface area contributed by atoms with Crippen LogP contribution in [0.3, 0.4) is 0 Å². The van der Waals surface area contributed by atoms with E-state index in [2.05, 4.69) is 5.32 Å². The normalized spacial score (nSPS) is 13.4. The van der Waals surface area contributed by atoms with Crippen molar-refractivity contribution in [3.63, 3.8) is 0 Å². The van der Waals surface area contributed by atoms with Crippen LogP contribution in [0.2, 0.25) is 0 Å². The molecule has 0 aliphatic rings. The molecule has 2 aromatic rings. The molecule has 0 radical (unpaired) electrons. The number of nitro groups is 1. The summed E-state index contributed by atoms with van der Waals surface area (Å²) in [4.78, 5) is 23.3. The van der Waals surface area contributed by atoms with Crippen LogP contribution in [0.25, 0.3) is 0 Å². The molecular weight excluding hydrogens is 394 g/mol. The number of carbonyl (C=O) groups is 1. The number of aryl methyl sites for hydroxylation is 1. The highest BCUT2D eigenvalue weighted by atomic mass is 32.2. The topological polar surface area (TPSA) is 110 Å². The smallest absolute Gasteiger partial charge is 0.271 e. The largest absolute Gasteiger partial charge is 0.347 e. The van der Waals surface area contributed by atoms with Crippen LogP contribution in [0.15, 0.2) is 48.5 Å². The molecule has 1 N–H and O–H groups in total. The highest BCUT2D eigenvalue weighted by molar-refractivity contribution is 7.92. The number of nitro benzene ring substituents is 1. The summed E-state index contributed by atoms with van der Waals surface area (Å²) in [7, 11) is -3.87. The van der Waals surface area contributed by atoms with E-state index in [4.69, 9.17) is 0 Å². The van der Waals surface area contributed by atoms with Crippen molar-refractivity contribution in [2.24, 2.45) is 0 Å². The average Bonchev–Trinajstić information content (AvgIpc) is 2.66. The van der Waals surface area contributed by atoms with Crippen molar-refractivity contribution in [2.75, 3.05) is 10.6 Å². The highest BCUT2D eigenvalue weighted by Crippen LogP contribution is 2.26. The van der Waals surface area contributed by atoms with E-state index in [1.54, 1.807) is 0 Å². The summed E-state index contributed by atoms with van der Waals surface area (Å²) in [6.07, 6.45) is 1.59. The minimum atomic E-state index is -3.87. The lowest BCUT2D eigenvalue weighted by atomic mass is 10.0. The molecule has 0 bridgehead atoms. The molecule has 0 saturated carbocycles. The molecule has 0 aromatic heterocycles. The minimum absolute atomic E-state index is 0.0627. The number of hydrogen-bond acceptors (Lipinski definition) is 5. The van der Waals surface area contributed by atoms with Gasteiger partial charge < -0.3 is 5.32 Å². The van der Waals surface area contributed by atoms with Gasteiger partial charge in [-0.25, -0.2) is 8.42 Å². The second-order valence-electron chi connectivity index (χ2n) is 6.89. The molecule has 0 saturated heterocycles. The second-order valence-corrected chi connectivity index (χ2v) is 8.75. The monoisotopic (exact) mass is 419 g/mol. The van der Waals surface area contributed by atoms with Crippen molar-refractivity contribution in [3.05, 3.63) is 69.8 Å². The van der Waals surface area contributed by atoms with Crippen molar-refractivity contribution >= 4 is 27.3 Å². The predicted molar refractivity (Wildman–Crippen MR) is 112 cm³/mol. The third-order valence-electron chi connectivity index (χ3n) is 4.59. The van der Waals surface area contributed by atoms with Gasteiger partial charge in [0.1, 0.15) is 6.04 Å². The van der Waals surface area contributed by atoms with Gasteiger partial charge in [-0.1, -0.05) is 42.8 Å². The molecular formula is C20H25N3O5S. The molecule has 0 unspecified atom stereocenters. The number of non-ortho nitro benzene ring substituents is 1. The van der Waals surface area contributed by atoms with Gasteiger partial charge in [-0.3, -0.25) is 19.2 Å². The number of carbonyl (C=O) groups excluding carboxylic acids is 1. The number of sulfonamides is 1. The molecule has 2 rings (SSSR count). The van der Waals surface area contributed by atoms with Crippen LogP contribution in [0.4, 0.5) is 11.4 Å². The van der Waals surface area contributed by atoms with Crippen molar-refractivity contribution in [3.8, 4) is 0 Å². The van der Waals surface area contributed by atoms with Crippen molar-refractivity contribution in [1.29, 1.82) is 0 Å². The quantitative estimate of drug-likeness (QED) is 0.521. The molecule has 2 atom stereocenters. The molecule has 1 amide bonds. The standard InChI is InChI=1S/C20H25N3O5S/c1-5-19(16-11-9-14(2)10-12-16)21-20(24)15(3)22(29(4,27)28)17-7-6-8-18(13-17)23(25)26/h6-13,15,19H,5H2,1-4H3,(H,21,24)/t15-,19-/m1/s1. The Kier molecular flexibility index (Phi) is 6.97. The summed E-state index contributed by atoms with van der Waals surface area (Å²) < 4.78 is 25.7. The summed E-state index contributed by atoms with van der Waals surface area (Å²) in [5, 5.41) is 13.9. The third-order valence-corrected chi connectivity index (χ3v) is 5.83. The summed E-state index contributed by atoms with van der Waals surface area (Å²) >= 11 is 0. The van der Waals surface area contributed by atoms with E-state index in [-0.39, 0.29) is 17.4 Å². The fourth-order valence-electron chi connectivity index (χ4n) is 3.06. The summed E-state index contributed by atoms with van der Waals surface area (Å²) in [5.41, 5.74) is 1.82. The van der Waals surface area contributed by atoms with Gasteiger partial charge in [-0.15, -0.1) is 0 Å². The van der Waals surface area contributed by atoms with Gasteiger partial charge in [0.15, 0.2) is 0 Å². The first-order valence-corrected chi connectivity index (χ1v) is 11.0. The van der Waals surface area contributed by atoms with Gasteiger partial charge in [0.2, 0.25) is 15.9 Å². The molecule has 8 nitrogen and oxygen atoms in total. The molecule has 2 aromatic carbocycles. The van der Waals surface area contributed by atoms with Crippen LogP contribution in [0, 0.1) is 17.0 Å². The highest BCUT2D eigenvalue weighted by Gasteiger charge is 2.31. The second kappa shape index (κ2) is 9.04. The van der Waals surface area contributed by atoms with Gasteiger partial charge >= 0.3 is 0 Å². The van der Waals surface area contributed by atoms with Crippen LogP contribution in [0.1, 0.15) is 37.4 Å².